The predicted octanol–water partition coefficient (Wildman–Crippen LogP) is 3.69. The lowest BCUT2D eigenvalue weighted by Crippen LogP contribution is -1.87. The minimum Gasteiger partial charge on any atom is -0.240 e. The highest BCUT2D eigenvalue weighted by Crippen LogP contribution is 2.26. The standard InChI is InChI=1S/C13H11N3S2/c1-9-6-14-13(15-7-9)17-8-12-16-10-4-2-3-5-11(10)18-12/h2-7H,8H2,1H3. The molecular formula is C13H11N3S2. The fraction of sp³-hybridized carbons (Fsp3) is 0.154. The molecule has 0 spiro atoms. The molecule has 0 amide bonds. The lowest BCUT2D eigenvalue weighted by Gasteiger charge is -1.97. The first-order valence-electron chi connectivity index (χ1n) is 5.57. The van der Waals surface area contributed by atoms with Crippen LogP contribution in [0.5, 0.6) is 0 Å². The van der Waals surface area contributed by atoms with E-state index in [2.05, 4.69) is 21.0 Å². The third kappa shape index (κ3) is 2.52. The average molecular weight is 273 g/mol. The second-order valence-corrected chi connectivity index (χ2v) is 5.96. The molecule has 2 aromatic heterocycles. The maximum Gasteiger partial charge on any atom is 0.187 e. The first-order chi connectivity index (χ1) is 8.81. The fourth-order valence-electron chi connectivity index (χ4n) is 1.56. The Morgan fingerprint density at radius 3 is 2.72 bits per heavy atom. The number of para-hydroxylation sites is 1. The van der Waals surface area contributed by atoms with Crippen LogP contribution in [0.2, 0.25) is 0 Å². The van der Waals surface area contributed by atoms with Gasteiger partial charge in [-0.25, -0.2) is 15.0 Å². The van der Waals surface area contributed by atoms with E-state index in [4.69, 9.17) is 0 Å². The van der Waals surface area contributed by atoms with Crippen molar-refractivity contribution in [3.63, 3.8) is 0 Å². The lowest BCUT2D eigenvalue weighted by molar-refractivity contribution is 0.949. The molecule has 2 heterocycles. The van der Waals surface area contributed by atoms with Crippen molar-refractivity contribution in [2.75, 3.05) is 0 Å². The van der Waals surface area contributed by atoms with Gasteiger partial charge in [-0.2, -0.15) is 0 Å². The maximum absolute atomic E-state index is 4.59. The molecule has 18 heavy (non-hydrogen) atoms. The molecule has 1 aromatic carbocycles. The second kappa shape index (κ2) is 5.04. The molecule has 0 saturated carbocycles. The van der Waals surface area contributed by atoms with Crippen LogP contribution in [0.4, 0.5) is 0 Å². The van der Waals surface area contributed by atoms with Gasteiger partial charge in [0.1, 0.15) is 5.01 Å². The Morgan fingerprint density at radius 1 is 1.17 bits per heavy atom. The van der Waals surface area contributed by atoms with Gasteiger partial charge >= 0.3 is 0 Å². The highest BCUT2D eigenvalue weighted by atomic mass is 32.2. The average Bonchev–Trinajstić information content (AvgIpc) is 2.81. The molecule has 0 radical (unpaired) electrons. The zero-order valence-electron chi connectivity index (χ0n) is 9.83. The van der Waals surface area contributed by atoms with Gasteiger partial charge in [0.25, 0.3) is 0 Å². The van der Waals surface area contributed by atoms with Crippen molar-refractivity contribution in [3.05, 3.63) is 47.2 Å². The summed E-state index contributed by atoms with van der Waals surface area (Å²) in [6, 6.07) is 8.20. The normalized spacial score (nSPS) is 10.9. The van der Waals surface area contributed by atoms with Crippen LogP contribution in [-0.2, 0) is 5.75 Å². The topological polar surface area (TPSA) is 38.7 Å². The van der Waals surface area contributed by atoms with Crippen molar-refractivity contribution < 1.29 is 0 Å². The summed E-state index contributed by atoms with van der Waals surface area (Å²) in [7, 11) is 0. The molecule has 3 rings (SSSR count). The van der Waals surface area contributed by atoms with Gasteiger partial charge in [-0.1, -0.05) is 23.9 Å². The van der Waals surface area contributed by atoms with Crippen LogP contribution in [0, 0.1) is 6.92 Å². The van der Waals surface area contributed by atoms with Gasteiger partial charge in [0.15, 0.2) is 5.16 Å². The molecule has 0 saturated heterocycles. The summed E-state index contributed by atoms with van der Waals surface area (Å²) in [4.78, 5) is 13.1. The maximum atomic E-state index is 4.59. The number of hydrogen-bond donors (Lipinski definition) is 0. The predicted molar refractivity (Wildman–Crippen MR) is 76.0 cm³/mol. The van der Waals surface area contributed by atoms with Crippen LogP contribution < -0.4 is 0 Å². The Labute approximate surface area is 113 Å². The van der Waals surface area contributed by atoms with Crippen LogP contribution in [0.25, 0.3) is 10.2 Å². The van der Waals surface area contributed by atoms with Crippen molar-refractivity contribution in [2.24, 2.45) is 0 Å². The zero-order valence-corrected chi connectivity index (χ0v) is 11.5. The molecule has 90 valence electrons. The highest BCUT2D eigenvalue weighted by molar-refractivity contribution is 7.98. The summed E-state index contributed by atoms with van der Waals surface area (Å²) in [6.45, 7) is 1.99. The molecule has 3 nitrogen and oxygen atoms in total. The van der Waals surface area contributed by atoms with Gasteiger partial charge in [0.2, 0.25) is 0 Å². The summed E-state index contributed by atoms with van der Waals surface area (Å²) in [5.41, 5.74) is 2.15. The van der Waals surface area contributed by atoms with Gasteiger partial charge in [-0.05, 0) is 24.6 Å². The molecule has 0 unspecified atom stereocenters. The molecular weight excluding hydrogens is 262 g/mol. The Morgan fingerprint density at radius 2 is 1.94 bits per heavy atom. The minimum atomic E-state index is 0.805. The Bertz CT molecular complexity index is 628. The molecule has 3 aromatic rings. The number of thiazole rings is 1. The zero-order chi connectivity index (χ0) is 12.4. The molecule has 0 atom stereocenters. The molecule has 0 bridgehead atoms. The van der Waals surface area contributed by atoms with E-state index in [0.29, 0.717) is 0 Å². The van der Waals surface area contributed by atoms with E-state index in [-0.39, 0.29) is 0 Å². The van der Waals surface area contributed by atoms with E-state index in [1.807, 2.05) is 37.5 Å². The largest absolute Gasteiger partial charge is 0.240 e. The van der Waals surface area contributed by atoms with Crippen LogP contribution in [0.3, 0.4) is 0 Å². The van der Waals surface area contributed by atoms with Crippen LogP contribution >= 0.6 is 23.1 Å². The van der Waals surface area contributed by atoms with E-state index < -0.39 is 0 Å². The second-order valence-electron chi connectivity index (χ2n) is 3.91. The van der Waals surface area contributed by atoms with Gasteiger partial charge in [0, 0.05) is 12.4 Å². The van der Waals surface area contributed by atoms with Gasteiger partial charge in [-0.15, -0.1) is 11.3 Å². The number of thioether (sulfide) groups is 1. The monoisotopic (exact) mass is 273 g/mol. The molecule has 0 aliphatic heterocycles. The van der Waals surface area contributed by atoms with Crippen LogP contribution in [0.1, 0.15) is 10.6 Å². The molecule has 0 fully saturated rings. The third-order valence-corrected chi connectivity index (χ3v) is 4.53. The number of aromatic nitrogens is 3. The summed E-state index contributed by atoms with van der Waals surface area (Å²) < 4.78 is 1.23. The number of rotatable bonds is 3. The highest BCUT2D eigenvalue weighted by Gasteiger charge is 2.04. The Balaban J connectivity index is 1.74. The van der Waals surface area contributed by atoms with E-state index in [1.165, 1.54) is 4.70 Å². The van der Waals surface area contributed by atoms with Crippen molar-refractivity contribution in [1.82, 2.24) is 15.0 Å². The fourth-order valence-corrected chi connectivity index (χ4v) is 3.31. The number of aryl methyl sites for hydroxylation is 1. The number of fused-ring (bicyclic) bond motifs is 1. The summed E-state index contributed by atoms with van der Waals surface area (Å²) in [5.74, 6) is 0.822. The first kappa shape index (κ1) is 11.6. The smallest absolute Gasteiger partial charge is 0.187 e. The summed E-state index contributed by atoms with van der Waals surface area (Å²) in [5, 5.41) is 1.92. The first-order valence-corrected chi connectivity index (χ1v) is 7.37. The van der Waals surface area contributed by atoms with E-state index in [1.54, 1.807) is 23.1 Å². The SMILES string of the molecule is Cc1cnc(SCc2nc3ccccc3s2)nc1. The van der Waals surface area contributed by atoms with Crippen molar-refractivity contribution in [2.45, 2.75) is 17.8 Å². The van der Waals surface area contributed by atoms with Crippen molar-refractivity contribution in [1.29, 1.82) is 0 Å². The molecule has 0 N–H and O–H groups in total. The Kier molecular flexibility index (Phi) is 3.25. The van der Waals surface area contributed by atoms with Crippen LogP contribution in [-0.4, -0.2) is 15.0 Å². The van der Waals surface area contributed by atoms with E-state index in [0.717, 1.165) is 27.0 Å². The number of benzene rings is 1. The molecule has 0 aliphatic carbocycles. The van der Waals surface area contributed by atoms with Gasteiger partial charge < -0.3 is 0 Å². The van der Waals surface area contributed by atoms with Crippen molar-refractivity contribution >= 4 is 33.3 Å². The van der Waals surface area contributed by atoms with E-state index in [9.17, 15) is 0 Å². The van der Waals surface area contributed by atoms with Gasteiger partial charge in [-0.3, -0.25) is 0 Å². The molecule has 5 heteroatoms. The van der Waals surface area contributed by atoms with Crippen LogP contribution in [0.15, 0.2) is 41.8 Å². The molecule has 0 aliphatic rings. The minimum absolute atomic E-state index is 0.805. The number of nitrogens with zero attached hydrogens (tertiary/aromatic N) is 3. The Hall–Kier alpha value is -1.46. The summed E-state index contributed by atoms with van der Waals surface area (Å²) in [6.07, 6.45) is 3.68. The number of hydrogen-bond acceptors (Lipinski definition) is 5. The third-order valence-electron chi connectivity index (χ3n) is 2.42. The summed E-state index contributed by atoms with van der Waals surface area (Å²) >= 11 is 3.36. The van der Waals surface area contributed by atoms with Gasteiger partial charge in [0.05, 0.1) is 16.0 Å². The van der Waals surface area contributed by atoms with Crippen molar-refractivity contribution in [3.8, 4) is 0 Å². The lowest BCUT2D eigenvalue weighted by atomic mass is 10.3. The quantitative estimate of drug-likeness (QED) is 0.539. The van der Waals surface area contributed by atoms with E-state index >= 15 is 0 Å².